The van der Waals surface area contributed by atoms with E-state index in [0.717, 1.165) is 24.8 Å². The molecule has 1 aliphatic rings. The second-order valence-corrected chi connectivity index (χ2v) is 8.16. The van der Waals surface area contributed by atoms with Gasteiger partial charge in [-0.2, -0.15) is 5.26 Å². The maximum Gasteiger partial charge on any atom is 0.224 e. The fourth-order valence-corrected chi connectivity index (χ4v) is 4.84. The van der Waals surface area contributed by atoms with Gasteiger partial charge in [0.25, 0.3) is 0 Å². The number of nitrogens with one attached hydrogen (secondary N) is 1. The summed E-state index contributed by atoms with van der Waals surface area (Å²) in [5, 5.41) is 11.1. The lowest BCUT2D eigenvalue weighted by Crippen LogP contribution is -2.39. The fraction of sp³-hybridized carbons (Fsp3) is 0.529. The molecule has 1 aromatic carbocycles. The van der Waals surface area contributed by atoms with Gasteiger partial charge in [0.2, 0.25) is 5.91 Å². The van der Waals surface area contributed by atoms with Crippen LogP contribution in [-0.4, -0.2) is 26.6 Å². The largest absolute Gasteiger partial charge is 0.343 e. The van der Waals surface area contributed by atoms with Crippen LogP contribution in [0.2, 0.25) is 0 Å². The maximum atomic E-state index is 12.6. The van der Waals surface area contributed by atoms with Gasteiger partial charge in [0.15, 0.2) is 9.84 Å². The molecule has 23 heavy (non-hydrogen) atoms. The average Bonchev–Trinajstić information content (AvgIpc) is 2.53. The average molecular weight is 334 g/mol. The monoisotopic (exact) mass is 334 g/mol. The second-order valence-electron chi connectivity index (χ2n) is 6.12. The zero-order valence-corrected chi connectivity index (χ0v) is 14.1. The maximum absolute atomic E-state index is 12.6. The standard InChI is InChI=1S/C17H22N2O3S/c1-13-6-8-15(9-7-13)23(21,22)12-14-4-2-3-5-16(14)17(20)19-11-10-18/h6-9,14,16H,2-5,11-12H2,1H3,(H,19,20)/t14-,16+/m0/s1. The zero-order chi connectivity index (χ0) is 16.9. The van der Waals surface area contributed by atoms with Crippen molar-refractivity contribution in [2.24, 2.45) is 11.8 Å². The van der Waals surface area contributed by atoms with E-state index in [-0.39, 0.29) is 30.0 Å². The third-order valence-corrected chi connectivity index (χ3v) is 6.26. The van der Waals surface area contributed by atoms with Crippen molar-refractivity contribution < 1.29 is 13.2 Å². The molecule has 2 rings (SSSR count). The normalized spacial score (nSPS) is 21.4. The number of amides is 1. The van der Waals surface area contributed by atoms with Gasteiger partial charge < -0.3 is 5.32 Å². The molecule has 1 amide bonds. The number of sulfone groups is 1. The van der Waals surface area contributed by atoms with Crippen LogP contribution < -0.4 is 5.32 Å². The van der Waals surface area contributed by atoms with Crippen molar-refractivity contribution >= 4 is 15.7 Å². The third kappa shape index (κ3) is 4.55. The highest BCUT2D eigenvalue weighted by Crippen LogP contribution is 2.32. The molecule has 1 aliphatic carbocycles. The Morgan fingerprint density at radius 1 is 1.26 bits per heavy atom. The van der Waals surface area contributed by atoms with E-state index in [4.69, 9.17) is 5.26 Å². The van der Waals surface area contributed by atoms with Crippen molar-refractivity contribution in [3.63, 3.8) is 0 Å². The molecular weight excluding hydrogens is 312 g/mol. The van der Waals surface area contributed by atoms with Crippen LogP contribution in [0.5, 0.6) is 0 Å². The minimum Gasteiger partial charge on any atom is -0.343 e. The molecule has 0 heterocycles. The number of hydrogen-bond acceptors (Lipinski definition) is 4. The fourth-order valence-electron chi connectivity index (χ4n) is 3.13. The van der Waals surface area contributed by atoms with Gasteiger partial charge in [0.05, 0.1) is 16.7 Å². The highest BCUT2D eigenvalue weighted by molar-refractivity contribution is 7.91. The number of nitrogens with zero attached hydrogens (tertiary/aromatic N) is 1. The molecule has 0 aromatic heterocycles. The highest BCUT2D eigenvalue weighted by Gasteiger charge is 2.34. The molecule has 124 valence electrons. The molecule has 0 spiro atoms. The summed E-state index contributed by atoms with van der Waals surface area (Å²) >= 11 is 0. The molecule has 2 atom stereocenters. The van der Waals surface area contributed by atoms with Gasteiger partial charge >= 0.3 is 0 Å². The summed E-state index contributed by atoms with van der Waals surface area (Å²) in [6, 6.07) is 8.69. The van der Waals surface area contributed by atoms with Crippen molar-refractivity contribution in [2.45, 2.75) is 37.5 Å². The second kappa shape index (κ2) is 7.60. The zero-order valence-electron chi connectivity index (χ0n) is 13.3. The van der Waals surface area contributed by atoms with Crippen LogP contribution in [0, 0.1) is 30.1 Å². The molecule has 1 fully saturated rings. The molecule has 1 N–H and O–H groups in total. The number of carbonyl (C=O) groups excluding carboxylic acids is 1. The minimum atomic E-state index is -3.41. The van der Waals surface area contributed by atoms with E-state index in [1.165, 1.54) is 0 Å². The minimum absolute atomic E-state index is 0.0132. The van der Waals surface area contributed by atoms with Gasteiger partial charge in [0.1, 0.15) is 6.54 Å². The Kier molecular flexibility index (Phi) is 5.78. The van der Waals surface area contributed by atoms with Gasteiger partial charge in [-0.15, -0.1) is 0 Å². The molecule has 0 radical (unpaired) electrons. The quantitative estimate of drug-likeness (QED) is 0.836. The lowest BCUT2D eigenvalue weighted by molar-refractivity contribution is -0.127. The number of aryl methyl sites for hydroxylation is 1. The first-order chi connectivity index (χ1) is 10.9. The van der Waals surface area contributed by atoms with Crippen molar-refractivity contribution in [2.75, 3.05) is 12.3 Å². The van der Waals surface area contributed by atoms with Crippen molar-refractivity contribution in [3.05, 3.63) is 29.8 Å². The van der Waals surface area contributed by atoms with Crippen LogP contribution in [0.25, 0.3) is 0 Å². The Bertz CT molecular complexity index is 690. The van der Waals surface area contributed by atoms with Gasteiger partial charge in [0, 0.05) is 5.92 Å². The predicted molar refractivity (Wildman–Crippen MR) is 87.3 cm³/mol. The molecule has 1 saturated carbocycles. The van der Waals surface area contributed by atoms with E-state index in [1.54, 1.807) is 24.3 Å². The number of nitriles is 1. The van der Waals surface area contributed by atoms with Crippen molar-refractivity contribution in [3.8, 4) is 6.07 Å². The Balaban J connectivity index is 2.13. The summed E-state index contributed by atoms with van der Waals surface area (Å²) in [6.45, 7) is 1.87. The van der Waals surface area contributed by atoms with Gasteiger partial charge in [-0.25, -0.2) is 8.42 Å². The number of hydrogen-bond donors (Lipinski definition) is 1. The van der Waals surface area contributed by atoms with Gasteiger partial charge in [-0.3, -0.25) is 4.79 Å². The molecule has 1 aromatic rings. The summed E-state index contributed by atoms with van der Waals surface area (Å²) in [5.74, 6) is -0.720. The van der Waals surface area contributed by atoms with Gasteiger partial charge in [-0.05, 0) is 37.8 Å². The predicted octanol–water partition coefficient (Wildman–Crippen LogP) is 2.21. The van der Waals surface area contributed by atoms with Crippen molar-refractivity contribution in [1.29, 1.82) is 5.26 Å². The molecule has 0 unspecified atom stereocenters. The Morgan fingerprint density at radius 2 is 1.91 bits per heavy atom. The summed E-state index contributed by atoms with van der Waals surface area (Å²) < 4.78 is 25.2. The highest BCUT2D eigenvalue weighted by atomic mass is 32.2. The summed E-state index contributed by atoms with van der Waals surface area (Å²) in [6.07, 6.45) is 3.28. The van der Waals surface area contributed by atoms with E-state index in [1.807, 2.05) is 13.0 Å². The van der Waals surface area contributed by atoms with Crippen LogP contribution in [0.3, 0.4) is 0 Å². The van der Waals surface area contributed by atoms with Crippen LogP contribution in [0.4, 0.5) is 0 Å². The molecular formula is C17H22N2O3S. The number of rotatable bonds is 5. The first-order valence-electron chi connectivity index (χ1n) is 7.88. The lowest BCUT2D eigenvalue weighted by Gasteiger charge is -2.30. The van der Waals surface area contributed by atoms with E-state index in [9.17, 15) is 13.2 Å². The SMILES string of the molecule is Cc1ccc(S(=O)(=O)C[C@@H]2CCCC[C@H]2C(=O)NCC#N)cc1. The Hall–Kier alpha value is -1.87. The molecule has 0 bridgehead atoms. The van der Waals surface area contributed by atoms with E-state index in [0.29, 0.717) is 11.3 Å². The van der Waals surface area contributed by atoms with E-state index in [2.05, 4.69) is 5.32 Å². The smallest absolute Gasteiger partial charge is 0.224 e. The molecule has 0 saturated heterocycles. The Labute approximate surface area is 137 Å². The first kappa shape index (κ1) is 17.5. The van der Waals surface area contributed by atoms with E-state index < -0.39 is 9.84 Å². The van der Waals surface area contributed by atoms with Crippen LogP contribution in [0.15, 0.2) is 29.2 Å². The summed E-state index contributed by atoms with van der Waals surface area (Å²) in [7, 11) is -3.41. The first-order valence-corrected chi connectivity index (χ1v) is 9.53. The third-order valence-electron chi connectivity index (χ3n) is 4.40. The topological polar surface area (TPSA) is 87.0 Å². The number of benzene rings is 1. The molecule has 6 heteroatoms. The Morgan fingerprint density at radius 3 is 2.57 bits per heavy atom. The molecule has 0 aliphatic heterocycles. The summed E-state index contributed by atoms with van der Waals surface area (Å²) in [4.78, 5) is 12.5. The van der Waals surface area contributed by atoms with Crippen LogP contribution in [-0.2, 0) is 14.6 Å². The molecule has 5 nitrogen and oxygen atoms in total. The lowest BCUT2D eigenvalue weighted by atomic mass is 9.80. The number of carbonyl (C=O) groups is 1. The van der Waals surface area contributed by atoms with Gasteiger partial charge in [-0.1, -0.05) is 30.5 Å². The van der Waals surface area contributed by atoms with Crippen LogP contribution in [0.1, 0.15) is 31.2 Å². The van der Waals surface area contributed by atoms with Crippen molar-refractivity contribution in [1.82, 2.24) is 5.32 Å². The van der Waals surface area contributed by atoms with Crippen LogP contribution >= 0.6 is 0 Å². The van der Waals surface area contributed by atoms with E-state index >= 15 is 0 Å². The summed E-state index contributed by atoms with van der Waals surface area (Å²) in [5.41, 5.74) is 1.01.